The van der Waals surface area contributed by atoms with Crippen LogP contribution in [0.1, 0.15) is 71.4 Å². The van der Waals surface area contributed by atoms with E-state index in [1.165, 1.54) is 5.56 Å². The molecule has 2 aromatic carbocycles. The zero-order valence-electron chi connectivity index (χ0n) is 21.3. The number of amides is 2. The maximum Gasteiger partial charge on any atom is 0.255 e. The third kappa shape index (κ3) is 6.72. The molecule has 188 valence electrons. The number of carbonyl (C=O) groups is 2. The van der Waals surface area contributed by atoms with Gasteiger partial charge < -0.3 is 15.5 Å². The van der Waals surface area contributed by atoms with Crippen molar-refractivity contribution in [2.75, 3.05) is 23.3 Å². The number of benzene rings is 2. The van der Waals surface area contributed by atoms with Crippen molar-refractivity contribution < 1.29 is 9.59 Å². The van der Waals surface area contributed by atoms with Gasteiger partial charge in [0.1, 0.15) is 0 Å². The quantitative estimate of drug-likeness (QED) is 0.400. The number of aromatic nitrogens is 1. The van der Waals surface area contributed by atoms with Gasteiger partial charge in [-0.1, -0.05) is 38.5 Å². The first-order chi connectivity index (χ1) is 17.5. The molecule has 0 spiro atoms. The zero-order chi connectivity index (χ0) is 25.3. The van der Waals surface area contributed by atoms with Gasteiger partial charge in [0, 0.05) is 49.0 Å². The largest absolute Gasteiger partial charge is 0.371 e. The highest BCUT2D eigenvalue weighted by Gasteiger charge is 2.22. The molecule has 1 aliphatic rings. The molecule has 0 saturated carbocycles. The Morgan fingerprint density at radius 2 is 1.78 bits per heavy atom. The molecule has 6 nitrogen and oxygen atoms in total. The van der Waals surface area contributed by atoms with Crippen LogP contribution in [0.4, 0.5) is 11.4 Å². The van der Waals surface area contributed by atoms with Crippen LogP contribution in [0, 0.1) is 5.92 Å². The number of nitrogens with zero attached hydrogens (tertiary/aromatic N) is 2. The highest BCUT2D eigenvalue weighted by atomic mass is 16.2. The van der Waals surface area contributed by atoms with Gasteiger partial charge in [-0.2, -0.15) is 0 Å². The summed E-state index contributed by atoms with van der Waals surface area (Å²) < 4.78 is 0. The zero-order valence-corrected chi connectivity index (χ0v) is 21.3. The lowest BCUT2D eigenvalue weighted by Gasteiger charge is -2.33. The molecule has 2 heterocycles. The fourth-order valence-corrected chi connectivity index (χ4v) is 4.51. The second-order valence-electron chi connectivity index (χ2n) is 9.70. The first kappa shape index (κ1) is 25.4. The number of hydrogen-bond donors (Lipinski definition) is 2. The predicted octanol–water partition coefficient (Wildman–Crippen LogP) is 5.84. The molecule has 0 aliphatic carbocycles. The van der Waals surface area contributed by atoms with E-state index in [0.29, 0.717) is 29.3 Å². The van der Waals surface area contributed by atoms with Crippen molar-refractivity contribution in [2.24, 2.45) is 5.92 Å². The van der Waals surface area contributed by atoms with Gasteiger partial charge in [0.25, 0.3) is 11.8 Å². The number of unbranched alkanes of at least 4 members (excludes halogenated alkanes) is 1. The first-order valence-corrected chi connectivity index (χ1v) is 13.0. The summed E-state index contributed by atoms with van der Waals surface area (Å²) in [5, 5.41) is 6.00. The van der Waals surface area contributed by atoms with Gasteiger partial charge in [0.05, 0.1) is 5.56 Å². The molecule has 0 radical (unpaired) electrons. The topological polar surface area (TPSA) is 74.3 Å². The number of hydrogen-bond acceptors (Lipinski definition) is 4. The Hall–Kier alpha value is -3.67. The summed E-state index contributed by atoms with van der Waals surface area (Å²) in [4.78, 5) is 32.6. The van der Waals surface area contributed by atoms with E-state index in [2.05, 4.69) is 34.4 Å². The SMILES string of the molecule is CCCCc1ccc(C(=O)Nc2ccc(N3CCC(C)CC3)c(C(=O)NCc3cccnc3)c2)cc1. The van der Waals surface area contributed by atoms with Crippen LogP contribution in [-0.4, -0.2) is 29.9 Å². The van der Waals surface area contributed by atoms with E-state index in [1.807, 2.05) is 48.5 Å². The molecule has 3 aromatic rings. The van der Waals surface area contributed by atoms with Crippen LogP contribution in [0.25, 0.3) is 0 Å². The van der Waals surface area contributed by atoms with Crippen molar-refractivity contribution in [3.63, 3.8) is 0 Å². The molecule has 1 aliphatic heterocycles. The summed E-state index contributed by atoms with van der Waals surface area (Å²) in [5.74, 6) is 0.346. The van der Waals surface area contributed by atoms with E-state index in [0.717, 1.165) is 56.4 Å². The minimum absolute atomic E-state index is 0.163. The minimum Gasteiger partial charge on any atom is -0.371 e. The monoisotopic (exact) mass is 484 g/mol. The molecule has 2 N–H and O–H groups in total. The second-order valence-corrected chi connectivity index (χ2v) is 9.70. The summed E-state index contributed by atoms with van der Waals surface area (Å²) in [6, 6.07) is 17.2. The van der Waals surface area contributed by atoms with E-state index in [-0.39, 0.29) is 11.8 Å². The molecule has 0 atom stereocenters. The van der Waals surface area contributed by atoms with E-state index >= 15 is 0 Å². The van der Waals surface area contributed by atoms with Crippen molar-refractivity contribution in [1.82, 2.24) is 10.3 Å². The fraction of sp³-hybridized carbons (Fsp3) is 0.367. The number of nitrogens with one attached hydrogen (secondary N) is 2. The van der Waals surface area contributed by atoms with Crippen LogP contribution >= 0.6 is 0 Å². The van der Waals surface area contributed by atoms with Crippen LogP contribution < -0.4 is 15.5 Å². The summed E-state index contributed by atoms with van der Waals surface area (Å²) in [6.07, 6.45) is 8.97. The second kappa shape index (κ2) is 12.3. The van der Waals surface area contributed by atoms with Crippen molar-refractivity contribution >= 4 is 23.2 Å². The highest BCUT2D eigenvalue weighted by Crippen LogP contribution is 2.29. The lowest BCUT2D eigenvalue weighted by molar-refractivity contribution is 0.0950. The number of carbonyl (C=O) groups excluding carboxylic acids is 2. The lowest BCUT2D eigenvalue weighted by atomic mass is 9.97. The smallest absolute Gasteiger partial charge is 0.255 e. The molecule has 1 fully saturated rings. The number of anilines is 2. The summed E-state index contributed by atoms with van der Waals surface area (Å²) in [7, 11) is 0. The minimum atomic E-state index is -0.182. The molecule has 0 unspecified atom stereocenters. The standard InChI is InChI=1S/C30H36N4O2/c1-3-4-6-23-8-10-25(11-9-23)29(35)33-26-12-13-28(34-17-14-22(2)15-18-34)27(19-26)30(36)32-21-24-7-5-16-31-20-24/h5,7-13,16,19-20,22H,3-4,6,14-15,17-18,21H2,1-2H3,(H,32,36)(H,33,35). The lowest BCUT2D eigenvalue weighted by Crippen LogP contribution is -2.35. The van der Waals surface area contributed by atoms with Crippen LogP contribution in [0.3, 0.4) is 0 Å². The number of piperidine rings is 1. The number of pyridine rings is 1. The van der Waals surface area contributed by atoms with E-state index in [4.69, 9.17) is 0 Å². The van der Waals surface area contributed by atoms with Gasteiger partial charge >= 0.3 is 0 Å². The molecule has 0 bridgehead atoms. The Morgan fingerprint density at radius 3 is 2.47 bits per heavy atom. The van der Waals surface area contributed by atoms with Crippen molar-refractivity contribution in [3.8, 4) is 0 Å². The maximum atomic E-state index is 13.3. The Labute approximate surface area is 214 Å². The van der Waals surface area contributed by atoms with Crippen molar-refractivity contribution in [1.29, 1.82) is 0 Å². The highest BCUT2D eigenvalue weighted by molar-refractivity contribution is 6.06. The molecule has 1 aromatic heterocycles. The average molecular weight is 485 g/mol. The fourth-order valence-electron chi connectivity index (χ4n) is 4.51. The third-order valence-electron chi connectivity index (χ3n) is 6.83. The number of aryl methyl sites for hydroxylation is 1. The molecule has 2 amide bonds. The maximum absolute atomic E-state index is 13.3. The Balaban J connectivity index is 1.52. The normalized spacial score (nSPS) is 13.9. The molecule has 36 heavy (non-hydrogen) atoms. The van der Waals surface area contributed by atoms with Crippen LogP contribution in [0.15, 0.2) is 67.0 Å². The summed E-state index contributed by atoms with van der Waals surface area (Å²) >= 11 is 0. The van der Waals surface area contributed by atoms with Crippen LogP contribution in [0.2, 0.25) is 0 Å². The molecule has 1 saturated heterocycles. The van der Waals surface area contributed by atoms with Crippen molar-refractivity contribution in [3.05, 3.63) is 89.2 Å². The molecule has 6 heteroatoms. The van der Waals surface area contributed by atoms with E-state index < -0.39 is 0 Å². The van der Waals surface area contributed by atoms with E-state index in [1.54, 1.807) is 18.5 Å². The molecule has 4 rings (SSSR count). The van der Waals surface area contributed by atoms with Crippen LogP contribution in [0.5, 0.6) is 0 Å². The molecular weight excluding hydrogens is 448 g/mol. The van der Waals surface area contributed by atoms with Gasteiger partial charge in [0.2, 0.25) is 0 Å². The Bertz CT molecular complexity index is 1150. The van der Waals surface area contributed by atoms with Gasteiger partial charge in [-0.25, -0.2) is 0 Å². The predicted molar refractivity (Wildman–Crippen MR) is 145 cm³/mol. The Morgan fingerprint density at radius 1 is 1.00 bits per heavy atom. The van der Waals surface area contributed by atoms with Gasteiger partial charge in [-0.3, -0.25) is 14.6 Å². The van der Waals surface area contributed by atoms with Gasteiger partial charge in [-0.05, 0) is 79.1 Å². The van der Waals surface area contributed by atoms with Crippen molar-refractivity contribution in [2.45, 2.75) is 52.5 Å². The van der Waals surface area contributed by atoms with Crippen LogP contribution in [-0.2, 0) is 13.0 Å². The van der Waals surface area contributed by atoms with E-state index in [9.17, 15) is 9.59 Å². The summed E-state index contributed by atoms with van der Waals surface area (Å²) in [5.41, 5.74) is 4.86. The summed E-state index contributed by atoms with van der Waals surface area (Å²) in [6.45, 7) is 6.67. The third-order valence-corrected chi connectivity index (χ3v) is 6.83. The van der Waals surface area contributed by atoms with Gasteiger partial charge in [-0.15, -0.1) is 0 Å². The average Bonchev–Trinajstić information content (AvgIpc) is 2.92. The molecular formula is C30H36N4O2. The first-order valence-electron chi connectivity index (χ1n) is 13.0. The Kier molecular flexibility index (Phi) is 8.71. The number of rotatable bonds is 9. The van der Waals surface area contributed by atoms with Gasteiger partial charge in [0.15, 0.2) is 0 Å².